The Morgan fingerprint density at radius 2 is 1.64 bits per heavy atom. The first-order chi connectivity index (χ1) is 12.4. The van der Waals surface area contributed by atoms with E-state index in [9.17, 15) is 14.3 Å². The number of carbonyl (C=O) groups is 1. The molecule has 0 aromatic heterocycles. The van der Waals surface area contributed by atoms with E-state index < -0.39 is 13.5 Å². The number of hydrogen-bond donors (Lipinski definition) is 0. The fourth-order valence-corrected chi connectivity index (χ4v) is 2.85. The van der Waals surface area contributed by atoms with Gasteiger partial charge in [-0.15, -0.1) is 6.21 Å². The van der Waals surface area contributed by atoms with Gasteiger partial charge in [-0.1, -0.05) is 60.2 Å². The first-order valence-electron chi connectivity index (χ1n) is 7.40. The standard InChI is InChI=1S/C17H17NO4P.CO2.2K/c1-14-7-9-16(10-8-14)17(19)18-11-12-22-23(20,21)13-15-5-3-2-4-6-15;2-1-3;;/h2-10H,12-13H2,1H3,(H,20,21);;;/q-1;;2*+1/p-1. The molecule has 0 radical (unpaired) electrons. The third kappa shape index (κ3) is 13.7. The van der Waals surface area contributed by atoms with E-state index in [0.717, 1.165) is 5.56 Å². The summed E-state index contributed by atoms with van der Waals surface area (Å²) in [4.78, 5) is 43.3. The van der Waals surface area contributed by atoms with Crippen molar-refractivity contribution in [2.75, 3.05) is 6.61 Å². The fourth-order valence-electron chi connectivity index (χ4n) is 1.84. The molecule has 2 rings (SSSR count). The van der Waals surface area contributed by atoms with Crippen LogP contribution in [0.5, 0.6) is 0 Å². The van der Waals surface area contributed by atoms with Crippen LogP contribution in [0, 0.1) is 6.92 Å². The van der Waals surface area contributed by atoms with Gasteiger partial charge < -0.3 is 23.8 Å². The summed E-state index contributed by atoms with van der Waals surface area (Å²) in [6.45, 7) is 1.53. The molecule has 10 heteroatoms. The Kier molecular flexibility index (Phi) is 19.0. The van der Waals surface area contributed by atoms with Gasteiger partial charge in [-0.2, -0.15) is 9.59 Å². The molecule has 0 fully saturated rings. The van der Waals surface area contributed by atoms with Gasteiger partial charge in [0.2, 0.25) is 0 Å². The second kappa shape index (κ2) is 17.3. The molecule has 0 heterocycles. The summed E-state index contributed by atoms with van der Waals surface area (Å²) >= 11 is 0. The predicted octanol–water partition coefficient (Wildman–Crippen LogP) is -3.72. The Bertz CT molecular complexity index is 822. The van der Waals surface area contributed by atoms with Crippen molar-refractivity contribution in [3.63, 3.8) is 0 Å². The Morgan fingerprint density at radius 3 is 2.18 bits per heavy atom. The van der Waals surface area contributed by atoms with Crippen molar-refractivity contribution in [1.29, 1.82) is 0 Å². The largest absolute Gasteiger partial charge is 1.00 e. The van der Waals surface area contributed by atoms with Crippen molar-refractivity contribution in [1.82, 2.24) is 0 Å². The zero-order valence-corrected chi connectivity index (χ0v) is 23.1. The van der Waals surface area contributed by atoms with Gasteiger partial charge in [-0.05, 0) is 18.1 Å². The summed E-state index contributed by atoms with van der Waals surface area (Å²) in [6, 6.07) is 15.6. The van der Waals surface area contributed by atoms with Crippen molar-refractivity contribution in [3.05, 3.63) is 71.3 Å². The first kappa shape index (κ1) is 30.8. The molecule has 28 heavy (non-hydrogen) atoms. The molecule has 1 unspecified atom stereocenters. The predicted molar refractivity (Wildman–Crippen MR) is 91.7 cm³/mol. The zero-order chi connectivity index (χ0) is 19.4. The average Bonchev–Trinajstić information content (AvgIpc) is 2.60. The van der Waals surface area contributed by atoms with E-state index in [1.165, 1.54) is 0 Å². The summed E-state index contributed by atoms with van der Waals surface area (Å²) in [7, 11) is -4.04. The van der Waals surface area contributed by atoms with E-state index in [1.807, 2.05) is 6.92 Å². The van der Waals surface area contributed by atoms with E-state index in [1.54, 1.807) is 54.6 Å². The minimum atomic E-state index is -4.04. The minimum Gasteiger partial charge on any atom is -0.778 e. The monoisotopic (exact) mass is 451 g/mol. The SMILES string of the molecule is Cc1ccc(C(=O)N=[C-]COP(=O)([O-])Cc2ccccc2)cc1.O=C=O.[K+].[K+]. The van der Waals surface area contributed by atoms with Crippen LogP contribution in [0.15, 0.2) is 59.6 Å². The second-order valence-electron chi connectivity index (χ2n) is 5.05. The second-order valence-corrected chi connectivity index (χ2v) is 6.85. The molecule has 136 valence electrons. The van der Waals surface area contributed by atoms with Crippen LogP contribution in [0.1, 0.15) is 21.5 Å². The number of nitrogens with zero attached hydrogens (tertiary/aromatic N) is 1. The number of hydrogen-bond acceptors (Lipinski definition) is 6. The maximum absolute atomic E-state index is 11.8. The van der Waals surface area contributed by atoms with Crippen molar-refractivity contribution in [2.24, 2.45) is 4.99 Å². The number of carbonyl (C=O) groups excluding carboxylic acids is 3. The molecule has 1 amide bonds. The van der Waals surface area contributed by atoms with Gasteiger partial charge in [0, 0.05) is 12.8 Å². The van der Waals surface area contributed by atoms with Crippen molar-refractivity contribution in [2.45, 2.75) is 13.1 Å². The fraction of sp³-hybridized carbons (Fsp3) is 0.167. The number of amides is 1. The molecule has 1 atom stereocenters. The Hall–Kier alpha value is 0.583. The van der Waals surface area contributed by atoms with Gasteiger partial charge in [-0.3, -0.25) is 0 Å². The number of benzene rings is 2. The van der Waals surface area contributed by atoms with Crippen LogP contribution in [0.2, 0.25) is 0 Å². The number of rotatable bonds is 6. The molecular formula is C18H16K2NO6P. The Labute approximate surface area is 248 Å². The summed E-state index contributed by atoms with van der Waals surface area (Å²) in [5.74, 6) is -0.489. The third-order valence-electron chi connectivity index (χ3n) is 3.02. The van der Waals surface area contributed by atoms with Crippen LogP contribution < -0.4 is 108 Å². The number of aliphatic imine (C=N–C) groups is 1. The molecule has 0 spiro atoms. The van der Waals surface area contributed by atoms with Gasteiger partial charge in [0.05, 0.1) is 0 Å². The van der Waals surface area contributed by atoms with Gasteiger partial charge in [-0.25, -0.2) is 0 Å². The third-order valence-corrected chi connectivity index (χ3v) is 4.30. The van der Waals surface area contributed by atoms with E-state index in [4.69, 9.17) is 14.1 Å². The first-order valence-corrected chi connectivity index (χ1v) is 9.13. The minimum absolute atomic E-state index is 0. The molecule has 0 aliphatic carbocycles. The van der Waals surface area contributed by atoms with Crippen molar-refractivity contribution < 1.29 is 131 Å². The van der Waals surface area contributed by atoms with Crippen LogP contribution >= 0.6 is 7.60 Å². The maximum Gasteiger partial charge on any atom is 1.00 e. The molecular weight excluding hydrogens is 435 g/mol. The molecule has 0 saturated carbocycles. The normalized spacial score (nSPS) is 11.6. The summed E-state index contributed by atoms with van der Waals surface area (Å²) < 4.78 is 16.6. The molecule has 0 aliphatic heterocycles. The number of aryl methyl sites for hydroxylation is 1. The maximum atomic E-state index is 11.8. The smallest absolute Gasteiger partial charge is 0.778 e. The molecule has 0 saturated heterocycles. The summed E-state index contributed by atoms with van der Waals surface area (Å²) in [5.41, 5.74) is 2.09. The topological polar surface area (TPSA) is 113 Å². The van der Waals surface area contributed by atoms with E-state index >= 15 is 0 Å². The molecule has 0 aliphatic rings. The molecule has 0 N–H and O–H groups in total. The van der Waals surface area contributed by atoms with Crippen LogP contribution in [-0.2, 0) is 24.8 Å². The molecule has 2 aromatic carbocycles. The quantitative estimate of drug-likeness (QED) is 0.193. The van der Waals surface area contributed by atoms with E-state index in [-0.39, 0.29) is 122 Å². The van der Waals surface area contributed by atoms with Crippen LogP contribution in [0.25, 0.3) is 0 Å². The van der Waals surface area contributed by atoms with Gasteiger partial charge in [0.15, 0.2) is 0 Å². The van der Waals surface area contributed by atoms with Gasteiger partial charge >= 0.3 is 109 Å². The van der Waals surface area contributed by atoms with E-state index in [2.05, 4.69) is 11.2 Å². The van der Waals surface area contributed by atoms with Crippen LogP contribution in [0.3, 0.4) is 0 Å². The Morgan fingerprint density at radius 1 is 1.11 bits per heavy atom. The Balaban J connectivity index is 0. The molecule has 0 bridgehead atoms. The summed E-state index contributed by atoms with van der Waals surface area (Å²) in [5, 5.41) is 0. The molecule has 7 nitrogen and oxygen atoms in total. The molecule has 2 aromatic rings. The van der Waals surface area contributed by atoms with Crippen molar-refractivity contribution in [3.8, 4) is 0 Å². The van der Waals surface area contributed by atoms with Gasteiger partial charge in [0.25, 0.3) is 0 Å². The van der Waals surface area contributed by atoms with Crippen LogP contribution in [-0.4, -0.2) is 24.9 Å². The van der Waals surface area contributed by atoms with E-state index in [0.29, 0.717) is 11.1 Å². The average molecular weight is 451 g/mol. The zero-order valence-electron chi connectivity index (χ0n) is 16.0. The van der Waals surface area contributed by atoms with Gasteiger partial charge in [0.1, 0.15) is 13.5 Å². The van der Waals surface area contributed by atoms with Crippen molar-refractivity contribution >= 4 is 25.9 Å². The summed E-state index contributed by atoms with van der Waals surface area (Å²) in [6.07, 6.45) is 2.36. The van der Waals surface area contributed by atoms with Crippen LogP contribution in [0.4, 0.5) is 0 Å².